The second-order valence-electron chi connectivity index (χ2n) is 2.45. The van der Waals surface area contributed by atoms with Crippen molar-refractivity contribution in [3.05, 3.63) is 30.2 Å². The highest BCUT2D eigenvalue weighted by Crippen LogP contribution is 1.84. The van der Waals surface area contributed by atoms with Gasteiger partial charge in [0.15, 0.2) is 0 Å². The number of rotatable bonds is 0. The predicted octanol–water partition coefficient (Wildman–Crippen LogP) is -0.179. The largest absolute Gasteiger partial charge is 0.329 e. The van der Waals surface area contributed by atoms with E-state index in [1.807, 2.05) is 19.2 Å². The van der Waals surface area contributed by atoms with Crippen molar-refractivity contribution in [1.29, 1.82) is 0 Å². The van der Waals surface area contributed by atoms with Gasteiger partial charge in [-0.05, 0) is 12.5 Å². The van der Waals surface area contributed by atoms with Crippen LogP contribution < -0.4 is 10.9 Å². The number of hydrazine groups is 1. The number of hydrogen-bond acceptors (Lipinski definition) is 3. The van der Waals surface area contributed by atoms with Crippen LogP contribution in [0.25, 0.3) is 0 Å². The Balaban J connectivity index is 0.000000120. The average Bonchev–Trinajstić information content (AvgIpc) is 2.63. The molecule has 3 N–H and O–H groups in total. The van der Waals surface area contributed by atoms with Crippen molar-refractivity contribution in [1.82, 2.24) is 21.0 Å². The first-order chi connectivity index (χ1) is 5.79. The molecule has 2 heterocycles. The van der Waals surface area contributed by atoms with Gasteiger partial charge in [0.1, 0.15) is 0 Å². The lowest BCUT2D eigenvalue weighted by molar-refractivity contribution is 0.693. The summed E-state index contributed by atoms with van der Waals surface area (Å²) in [6.07, 6.45) is 7.23. The second-order valence-corrected chi connectivity index (χ2v) is 2.45. The van der Waals surface area contributed by atoms with E-state index < -0.39 is 0 Å². The van der Waals surface area contributed by atoms with Crippen molar-refractivity contribution in [2.24, 2.45) is 0 Å². The van der Waals surface area contributed by atoms with Gasteiger partial charge in [0, 0.05) is 18.3 Å². The molecule has 1 aliphatic rings. The van der Waals surface area contributed by atoms with Gasteiger partial charge in [-0.25, -0.2) is 5.43 Å². The molecule has 1 aliphatic heterocycles. The third kappa shape index (κ3) is 3.25. The molecule has 0 fully saturated rings. The van der Waals surface area contributed by atoms with Crippen molar-refractivity contribution < 1.29 is 0 Å². The Bertz CT molecular complexity index is 232. The average molecular weight is 162 g/mol. The van der Waals surface area contributed by atoms with Gasteiger partial charge < -0.3 is 5.43 Å². The summed E-state index contributed by atoms with van der Waals surface area (Å²) in [5.41, 5.74) is 6.63. The smallest absolute Gasteiger partial charge is 0.0990 e. The number of aromatic amines is 1. The molecule has 0 saturated heterocycles. The molecular formula is C7H11BN4. The molecule has 0 aliphatic carbocycles. The Morgan fingerprint density at radius 3 is 2.58 bits per heavy atom. The van der Waals surface area contributed by atoms with Crippen LogP contribution >= 0.6 is 0 Å². The molecular weight excluding hydrogens is 151 g/mol. The summed E-state index contributed by atoms with van der Waals surface area (Å²) in [5.74, 6) is 0.00463. The summed E-state index contributed by atoms with van der Waals surface area (Å²) in [6.45, 7) is 1.99. The minimum Gasteiger partial charge on any atom is -0.329 e. The van der Waals surface area contributed by atoms with E-state index in [2.05, 4.69) is 21.0 Å². The molecule has 1 aromatic heterocycles. The van der Waals surface area contributed by atoms with Gasteiger partial charge in [0.05, 0.1) is 14.0 Å². The maximum absolute atomic E-state index is 5.27. The Labute approximate surface area is 72.8 Å². The first-order valence-corrected chi connectivity index (χ1v) is 3.68. The Morgan fingerprint density at radius 2 is 2.42 bits per heavy atom. The van der Waals surface area contributed by atoms with Crippen LogP contribution in [-0.2, 0) is 0 Å². The summed E-state index contributed by atoms with van der Waals surface area (Å²) in [4.78, 5) is 0. The molecule has 0 amide bonds. The topological polar surface area (TPSA) is 52.7 Å². The lowest BCUT2D eigenvalue weighted by Gasteiger charge is -1.96. The first-order valence-electron chi connectivity index (χ1n) is 3.68. The highest BCUT2D eigenvalue weighted by Gasteiger charge is 1.95. The van der Waals surface area contributed by atoms with Gasteiger partial charge >= 0.3 is 0 Å². The molecule has 1 unspecified atom stereocenters. The molecule has 0 spiro atoms. The van der Waals surface area contributed by atoms with Crippen molar-refractivity contribution in [3.8, 4) is 0 Å². The summed E-state index contributed by atoms with van der Waals surface area (Å²) < 4.78 is 0. The molecule has 4 nitrogen and oxygen atoms in total. The fourth-order valence-corrected chi connectivity index (χ4v) is 0.660. The van der Waals surface area contributed by atoms with E-state index >= 15 is 0 Å². The molecule has 2 rings (SSSR count). The summed E-state index contributed by atoms with van der Waals surface area (Å²) in [7, 11) is 5.27. The van der Waals surface area contributed by atoms with E-state index in [1.165, 1.54) is 5.56 Å². The number of nitrogens with zero attached hydrogens (tertiary/aromatic N) is 1. The zero-order valence-corrected chi connectivity index (χ0v) is 6.91. The van der Waals surface area contributed by atoms with E-state index in [4.69, 9.17) is 7.85 Å². The lowest BCUT2D eigenvalue weighted by atomic mass is 9.99. The van der Waals surface area contributed by atoms with Crippen molar-refractivity contribution >= 4 is 7.85 Å². The molecule has 0 bridgehead atoms. The van der Waals surface area contributed by atoms with E-state index in [1.54, 1.807) is 12.4 Å². The number of nitrogens with one attached hydrogen (secondary N) is 3. The fraction of sp³-hybridized carbons (Fsp3) is 0.286. The van der Waals surface area contributed by atoms with Crippen molar-refractivity contribution in [2.45, 2.75) is 12.9 Å². The normalized spacial score (nSPS) is 19.6. The number of aromatic nitrogens is 2. The maximum Gasteiger partial charge on any atom is 0.0990 e. The van der Waals surface area contributed by atoms with Crippen LogP contribution in [0.4, 0.5) is 0 Å². The van der Waals surface area contributed by atoms with Crippen LogP contribution in [0, 0.1) is 6.92 Å². The third-order valence-corrected chi connectivity index (χ3v) is 1.27. The summed E-state index contributed by atoms with van der Waals surface area (Å²) in [5, 5.41) is 6.38. The maximum atomic E-state index is 5.27. The minimum absolute atomic E-state index is 0.00463. The molecule has 12 heavy (non-hydrogen) atoms. The number of hydrogen-bond donors (Lipinski definition) is 3. The van der Waals surface area contributed by atoms with Crippen molar-refractivity contribution in [2.75, 3.05) is 0 Å². The minimum atomic E-state index is 0.00463. The Morgan fingerprint density at radius 1 is 1.58 bits per heavy atom. The molecule has 0 aromatic carbocycles. The van der Waals surface area contributed by atoms with Gasteiger partial charge in [-0.15, -0.1) is 0 Å². The number of aryl methyl sites for hydroxylation is 1. The van der Waals surface area contributed by atoms with Gasteiger partial charge in [-0.1, -0.05) is 6.08 Å². The standard InChI is InChI=1S/C4H6N2.C3H5BN2/c1-4-2-5-6-3-4;4-3-1-2-5-6-3/h2-3H,1H3,(H,5,6);1-3,5-6H. The van der Waals surface area contributed by atoms with Crippen LogP contribution in [0.15, 0.2) is 24.7 Å². The zero-order chi connectivity index (χ0) is 8.81. The third-order valence-electron chi connectivity index (χ3n) is 1.27. The van der Waals surface area contributed by atoms with Crippen LogP contribution in [0.2, 0.25) is 0 Å². The van der Waals surface area contributed by atoms with Crippen LogP contribution in [0.1, 0.15) is 5.56 Å². The van der Waals surface area contributed by atoms with E-state index in [-0.39, 0.29) is 5.94 Å². The molecule has 2 radical (unpaired) electrons. The van der Waals surface area contributed by atoms with E-state index in [0.717, 1.165) is 0 Å². The Hall–Kier alpha value is -1.23. The fourth-order valence-electron chi connectivity index (χ4n) is 0.660. The van der Waals surface area contributed by atoms with E-state index in [9.17, 15) is 0 Å². The number of H-pyrrole nitrogens is 1. The lowest BCUT2D eigenvalue weighted by Crippen LogP contribution is -2.30. The highest BCUT2D eigenvalue weighted by molar-refractivity contribution is 6.13. The van der Waals surface area contributed by atoms with E-state index in [0.29, 0.717) is 0 Å². The van der Waals surface area contributed by atoms with Crippen LogP contribution in [-0.4, -0.2) is 24.0 Å². The molecule has 62 valence electrons. The second kappa shape index (κ2) is 4.61. The summed E-state index contributed by atoms with van der Waals surface area (Å²) >= 11 is 0. The highest BCUT2D eigenvalue weighted by atomic mass is 15.4. The molecule has 0 saturated carbocycles. The van der Waals surface area contributed by atoms with Crippen molar-refractivity contribution in [3.63, 3.8) is 0 Å². The van der Waals surface area contributed by atoms with Gasteiger partial charge in [0.2, 0.25) is 0 Å². The quantitative estimate of drug-likeness (QED) is 0.464. The van der Waals surface area contributed by atoms with Gasteiger partial charge in [-0.2, -0.15) is 5.10 Å². The molecule has 5 heteroatoms. The molecule has 1 aromatic rings. The summed E-state index contributed by atoms with van der Waals surface area (Å²) in [6, 6.07) is 0. The monoisotopic (exact) mass is 162 g/mol. The Kier molecular flexibility index (Phi) is 3.41. The predicted molar refractivity (Wildman–Crippen MR) is 48.3 cm³/mol. The van der Waals surface area contributed by atoms with Gasteiger partial charge in [0.25, 0.3) is 0 Å². The van der Waals surface area contributed by atoms with Crippen LogP contribution in [0.3, 0.4) is 0 Å². The SMILES string of the molecule is Cc1cn[nH]c1.[B]C1C=CNN1. The van der Waals surface area contributed by atoms with Crippen LogP contribution in [0.5, 0.6) is 0 Å². The molecule has 1 atom stereocenters. The first kappa shape index (κ1) is 8.87. The van der Waals surface area contributed by atoms with Gasteiger partial charge in [-0.3, -0.25) is 5.10 Å². The zero-order valence-electron chi connectivity index (χ0n) is 6.91.